The third-order valence-corrected chi connectivity index (χ3v) is 3.35. The molecule has 0 aromatic heterocycles. The zero-order valence-corrected chi connectivity index (χ0v) is 10.2. The maximum absolute atomic E-state index is 11.1. The van der Waals surface area contributed by atoms with E-state index in [-0.39, 0.29) is 11.8 Å². The molecule has 1 aromatic carbocycles. The zero-order valence-electron chi connectivity index (χ0n) is 9.42. The summed E-state index contributed by atoms with van der Waals surface area (Å²) in [6.07, 6.45) is 2.61. The van der Waals surface area contributed by atoms with Crippen LogP contribution in [0, 0.1) is 6.92 Å². The quantitative estimate of drug-likeness (QED) is 0.802. The normalized spacial score (nSPS) is 14.9. The summed E-state index contributed by atoms with van der Waals surface area (Å²) in [5, 5.41) is 2.81. The molecule has 1 aromatic rings. The molecule has 0 unspecified atom stereocenters. The van der Waals surface area contributed by atoms with Crippen molar-refractivity contribution >= 4 is 17.5 Å². The summed E-state index contributed by atoms with van der Waals surface area (Å²) in [7, 11) is 0. The second kappa shape index (κ2) is 4.88. The first-order chi connectivity index (χ1) is 7.72. The van der Waals surface area contributed by atoms with Crippen molar-refractivity contribution in [3.63, 3.8) is 0 Å². The molecule has 0 aliphatic heterocycles. The first-order valence-electron chi connectivity index (χ1n) is 5.63. The van der Waals surface area contributed by atoms with E-state index in [9.17, 15) is 4.79 Å². The molecule has 0 radical (unpaired) electrons. The molecule has 1 fully saturated rings. The van der Waals surface area contributed by atoms with Gasteiger partial charge in [0.1, 0.15) is 5.88 Å². The molecule has 86 valence electrons. The van der Waals surface area contributed by atoms with E-state index in [0.29, 0.717) is 6.54 Å². The highest BCUT2D eigenvalue weighted by Gasteiger charge is 2.25. The molecule has 2 nitrogen and oxygen atoms in total. The van der Waals surface area contributed by atoms with Gasteiger partial charge in [-0.2, -0.15) is 0 Å². The Morgan fingerprint density at radius 3 is 2.88 bits per heavy atom. The number of hydrogen-bond donors (Lipinski definition) is 1. The largest absolute Gasteiger partial charge is 0.351 e. The molecule has 0 bridgehead atoms. The minimum atomic E-state index is -0.113. The molecule has 1 aliphatic rings. The number of benzene rings is 1. The van der Waals surface area contributed by atoms with Crippen molar-refractivity contribution in [2.45, 2.75) is 32.2 Å². The highest BCUT2D eigenvalue weighted by molar-refractivity contribution is 6.27. The Labute approximate surface area is 101 Å². The second-order valence-electron chi connectivity index (χ2n) is 4.32. The van der Waals surface area contributed by atoms with Crippen LogP contribution in [0.3, 0.4) is 0 Å². The van der Waals surface area contributed by atoms with E-state index in [2.05, 4.69) is 30.4 Å². The number of nitrogens with one attached hydrogen (secondary N) is 1. The Hall–Kier alpha value is -1.02. The fourth-order valence-electron chi connectivity index (χ4n) is 1.97. The Balaban J connectivity index is 2.08. The predicted octanol–water partition coefficient (Wildman–Crippen LogP) is 2.73. The number of halogens is 1. The number of carbonyl (C=O) groups is 1. The van der Waals surface area contributed by atoms with Crippen molar-refractivity contribution in [2.75, 3.05) is 5.88 Å². The molecular weight excluding hydrogens is 222 g/mol. The molecule has 0 heterocycles. The number of carbonyl (C=O) groups excluding carboxylic acids is 1. The lowest BCUT2D eigenvalue weighted by Gasteiger charge is -2.11. The van der Waals surface area contributed by atoms with Gasteiger partial charge in [0.25, 0.3) is 0 Å². The molecule has 0 spiro atoms. The Morgan fingerprint density at radius 2 is 2.25 bits per heavy atom. The summed E-state index contributed by atoms with van der Waals surface area (Å²) in [5.74, 6) is 0.669. The molecule has 1 N–H and O–H groups in total. The highest BCUT2D eigenvalue weighted by atomic mass is 35.5. The first-order valence-corrected chi connectivity index (χ1v) is 6.17. The average Bonchev–Trinajstić information content (AvgIpc) is 3.11. The number of rotatable bonds is 4. The van der Waals surface area contributed by atoms with Gasteiger partial charge in [-0.25, -0.2) is 0 Å². The van der Waals surface area contributed by atoms with Crippen LogP contribution in [-0.4, -0.2) is 11.8 Å². The van der Waals surface area contributed by atoms with Gasteiger partial charge in [0.05, 0.1) is 0 Å². The van der Waals surface area contributed by atoms with E-state index in [4.69, 9.17) is 11.6 Å². The first kappa shape index (κ1) is 11.5. The Kier molecular flexibility index (Phi) is 3.49. The van der Waals surface area contributed by atoms with Gasteiger partial charge in [-0.05, 0) is 42.4 Å². The van der Waals surface area contributed by atoms with Gasteiger partial charge in [0.15, 0.2) is 0 Å². The van der Waals surface area contributed by atoms with Gasteiger partial charge < -0.3 is 5.32 Å². The molecule has 1 amide bonds. The van der Waals surface area contributed by atoms with Crippen LogP contribution in [0.4, 0.5) is 0 Å². The Morgan fingerprint density at radius 1 is 1.50 bits per heavy atom. The van der Waals surface area contributed by atoms with Crippen molar-refractivity contribution in [3.8, 4) is 0 Å². The van der Waals surface area contributed by atoms with E-state index in [1.807, 2.05) is 0 Å². The summed E-state index contributed by atoms with van der Waals surface area (Å²) in [6, 6.07) is 6.33. The zero-order chi connectivity index (χ0) is 11.5. The van der Waals surface area contributed by atoms with Crippen molar-refractivity contribution in [2.24, 2.45) is 0 Å². The molecular formula is C13H16ClNO. The van der Waals surface area contributed by atoms with Crippen molar-refractivity contribution in [3.05, 3.63) is 34.9 Å². The van der Waals surface area contributed by atoms with Gasteiger partial charge in [-0.1, -0.05) is 18.2 Å². The second-order valence-corrected chi connectivity index (χ2v) is 4.58. The fraction of sp³-hybridized carbons (Fsp3) is 0.462. The predicted molar refractivity (Wildman–Crippen MR) is 65.7 cm³/mol. The maximum atomic E-state index is 11.1. The van der Waals surface area contributed by atoms with Crippen LogP contribution in [0.25, 0.3) is 0 Å². The fourth-order valence-corrected chi connectivity index (χ4v) is 2.07. The van der Waals surface area contributed by atoms with Crippen LogP contribution in [0.5, 0.6) is 0 Å². The van der Waals surface area contributed by atoms with Crippen LogP contribution in [-0.2, 0) is 11.3 Å². The lowest BCUT2D eigenvalue weighted by molar-refractivity contribution is -0.118. The SMILES string of the molecule is Cc1c(CNC(=O)CCl)cccc1C1CC1. The van der Waals surface area contributed by atoms with Gasteiger partial charge in [-0.15, -0.1) is 11.6 Å². The molecule has 0 saturated heterocycles. The van der Waals surface area contributed by atoms with E-state index in [0.717, 1.165) is 5.92 Å². The van der Waals surface area contributed by atoms with Gasteiger partial charge in [-0.3, -0.25) is 4.79 Å². The lowest BCUT2D eigenvalue weighted by Crippen LogP contribution is -2.24. The van der Waals surface area contributed by atoms with Gasteiger partial charge >= 0.3 is 0 Å². The molecule has 3 heteroatoms. The molecule has 16 heavy (non-hydrogen) atoms. The van der Waals surface area contributed by atoms with Gasteiger partial charge in [0.2, 0.25) is 5.91 Å². The monoisotopic (exact) mass is 237 g/mol. The average molecular weight is 238 g/mol. The highest BCUT2D eigenvalue weighted by Crippen LogP contribution is 2.41. The van der Waals surface area contributed by atoms with Crippen LogP contribution in [0.2, 0.25) is 0 Å². The number of alkyl halides is 1. The topological polar surface area (TPSA) is 29.1 Å². The Bertz CT molecular complexity index is 399. The van der Waals surface area contributed by atoms with Crippen molar-refractivity contribution in [1.29, 1.82) is 0 Å². The smallest absolute Gasteiger partial charge is 0.235 e. The minimum absolute atomic E-state index is 0.0291. The molecule has 1 saturated carbocycles. The van der Waals surface area contributed by atoms with E-state index >= 15 is 0 Å². The number of hydrogen-bond acceptors (Lipinski definition) is 1. The summed E-state index contributed by atoms with van der Waals surface area (Å²) in [5.41, 5.74) is 3.96. The van der Waals surface area contributed by atoms with Crippen LogP contribution < -0.4 is 5.32 Å². The van der Waals surface area contributed by atoms with E-state index < -0.39 is 0 Å². The number of amides is 1. The third-order valence-electron chi connectivity index (χ3n) is 3.10. The van der Waals surface area contributed by atoms with Crippen molar-refractivity contribution in [1.82, 2.24) is 5.32 Å². The maximum Gasteiger partial charge on any atom is 0.235 e. The lowest BCUT2D eigenvalue weighted by atomic mass is 9.99. The van der Waals surface area contributed by atoms with Crippen molar-refractivity contribution < 1.29 is 4.79 Å². The van der Waals surface area contributed by atoms with Crippen LogP contribution >= 0.6 is 11.6 Å². The van der Waals surface area contributed by atoms with E-state index in [1.54, 1.807) is 0 Å². The standard InChI is InChI=1S/C13H16ClNO/c1-9-11(8-15-13(16)7-14)3-2-4-12(9)10-5-6-10/h2-4,10H,5-8H2,1H3,(H,15,16). The third kappa shape index (κ3) is 2.56. The van der Waals surface area contributed by atoms with Crippen LogP contribution in [0.15, 0.2) is 18.2 Å². The summed E-state index contributed by atoms with van der Waals surface area (Å²) in [4.78, 5) is 11.1. The molecule has 2 rings (SSSR count). The summed E-state index contributed by atoms with van der Waals surface area (Å²) in [6.45, 7) is 2.72. The summed E-state index contributed by atoms with van der Waals surface area (Å²) < 4.78 is 0. The minimum Gasteiger partial charge on any atom is -0.351 e. The summed E-state index contributed by atoms with van der Waals surface area (Å²) >= 11 is 5.44. The van der Waals surface area contributed by atoms with E-state index in [1.165, 1.54) is 29.5 Å². The molecule has 1 aliphatic carbocycles. The molecule has 0 atom stereocenters. The van der Waals surface area contributed by atoms with Crippen LogP contribution in [0.1, 0.15) is 35.4 Å². The van der Waals surface area contributed by atoms with Gasteiger partial charge in [0, 0.05) is 6.54 Å².